The highest BCUT2D eigenvalue weighted by atomic mass is 16.5. The molecule has 1 aromatic heterocycles. The maximum Gasteiger partial charge on any atom is 0.347 e. The van der Waals surface area contributed by atoms with Crippen LogP contribution >= 0.6 is 0 Å². The highest BCUT2D eigenvalue weighted by Crippen LogP contribution is 2.33. The average molecular weight is 417 g/mol. The summed E-state index contributed by atoms with van der Waals surface area (Å²) in [6.07, 6.45) is 0.987. The minimum atomic E-state index is -1.34. The third-order valence-corrected chi connectivity index (χ3v) is 5.01. The number of hydrogen-bond acceptors (Lipinski definition) is 5. The molecule has 0 atom stereocenters. The van der Waals surface area contributed by atoms with Crippen molar-refractivity contribution in [3.8, 4) is 28.5 Å². The Morgan fingerprint density at radius 2 is 1.71 bits per heavy atom. The largest absolute Gasteiger partial charge is 0.478 e. The summed E-state index contributed by atoms with van der Waals surface area (Å²) in [5.74, 6) is 0.456. The van der Waals surface area contributed by atoms with Crippen LogP contribution in [0.4, 0.5) is 0 Å². The fourth-order valence-corrected chi connectivity index (χ4v) is 3.16. The molecule has 0 radical (unpaired) electrons. The number of aromatic nitrogens is 1. The molecule has 0 aliphatic rings. The zero-order chi connectivity index (χ0) is 22.0. The molecule has 4 rings (SSSR count). The average Bonchev–Trinajstić information content (AvgIpc) is 3.17. The van der Waals surface area contributed by atoms with Gasteiger partial charge < -0.3 is 19.1 Å². The first-order valence-electron chi connectivity index (χ1n) is 10.0. The second-order valence-electron chi connectivity index (χ2n) is 7.73. The van der Waals surface area contributed by atoms with Gasteiger partial charge in [-0.3, -0.25) is 0 Å². The molecule has 0 saturated heterocycles. The molecule has 158 valence electrons. The first kappa shape index (κ1) is 20.5. The quantitative estimate of drug-likeness (QED) is 0.392. The normalized spacial score (nSPS) is 11.5. The lowest BCUT2D eigenvalue weighted by Crippen LogP contribution is -2.37. The second kappa shape index (κ2) is 8.14. The van der Waals surface area contributed by atoms with E-state index in [1.165, 1.54) is 19.4 Å². The van der Waals surface area contributed by atoms with Gasteiger partial charge in [-0.25, -0.2) is 4.79 Å². The summed E-state index contributed by atoms with van der Waals surface area (Å²) in [7, 11) is 0. The van der Waals surface area contributed by atoms with Crippen molar-refractivity contribution in [2.45, 2.75) is 32.8 Å². The number of aliphatic carboxylic acids is 1. The molecule has 0 amide bonds. The molecule has 1 heterocycles. The number of fused-ring (bicyclic) bond motifs is 1. The number of carbonyl (C=O) groups is 1. The predicted molar refractivity (Wildman–Crippen MR) is 118 cm³/mol. The summed E-state index contributed by atoms with van der Waals surface area (Å²) in [6, 6.07) is 20.7. The number of benzene rings is 3. The summed E-state index contributed by atoms with van der Waals surface area (Å²) < 4.78 is 17.0. The smallest absolute Gasteiger partial charge is 0.347 e. The Kier molecular flexibility index (Phi) is 5.38. The number of hydrogen-bond donors (Lipinski definition) is 1. The van der Waals surface area contributed by atoms with Gasteiger partial charge in [0.25, 0.3) is 0 Å². The van der Waals surface area contributed by atoms with Gasteiger partial charge in [-0.15, -0.1) is 0 Å². The van der Waals surface area contributed by atoms with Crippen molar-refractivity contribution in [1.82, 2.24) is 5.16 Å². The van der Waals surface area contributed by atoms with Crippen LogP contribution in [0.15, 0.2) is 71.3 Å². The van der Waals surface area contributed by atoms with Gasteiger partial charge in [0.15, 0.2) is 11.2 Å². The van der Waals surface area contributed by atoms with E-state index >= 15 is 0 Å². The van der Waals surface area contributed by atoms with Crippen molar-refractivity contribution >= 4 is 16.9 Å². The van der Waals surface area contributed by atoms with Crippen LogP contribution in [0.25, 0.3) is 22.2 Å². The van der Waals surface area contributed by atoms with E-state index in [0.29, 0.717) is 22.8 Å². The topological polar surface area (TPSA) is 81.8 Å². The van der Waals surface area contributed by atoms with Crippen molar-refractivity contribution in [3.63, 3.8) is 0 Å². The van der Waals surface area contributed by atoms with Crippen LogP contribution in [0, 0.1) is 0 Å². The Bertz CT molecular complexity index is 1220. The van der Waals surface area contributed by atoms with Crippen LogP contribution in [-0.2, 0) is 11.2 Å². The molecule has 1 N–H and O–H groups in total. The van der Waals surface area contributed by atoms with Crippen LogP contribution < -0.4 is 9.47 Å². The molecule has 0 unspecified atom stereocenters. The van der Waals surface area contributed by atoms with Gasteiger partial charge in [-0.05, 0) is 50.1 Å². The number of rotatable bonds is 7. The maximum absolute atomic E-state index is 11.3. The number of nitrogens with zero attached hydrogens (tertiary/aromatic N) is 1. The predicted octanol–water partition coefficient (Wildman–Crippen LogP) is 6.09. The van der Waals surface area contributed by atoms with Gasteiger partial charge in [0.05, 0.1) is 0 Å². The van der Waals surface area contributed by atoms with Crippen molar-refractivity contribution < 1.29 is 23.9 Å². The van der Waals surface area contributed by atoms with Crippen molar-refractivity contribution in [1.29, 1.82) is 0 Å². The van der Waals surface area contributed by atoms with Crippen LogP contribution in [0.5, 0.6) is 17.2 Å². The molecule has 0 fully saturated rings. The molecule has 31 heavy (non-hydrogen) atoms. The Balaban J connectivity index is 1.56. The molecule has 6 heteroatoms. The molecular formula is C25H23NO5. The Morgan fingerprint density at radius 3 is 2.42 bits per heavy atom. The summed E-state index contributed by atoms with van der Waals surface area (Å²) in [5.41, 5.74) is 2.33. The van der Waals surface area contributed by atoms with Gasteiger partial charge in [0.2, 0.25) is 0 Å². The summed E-state index contributed by atoms with van der Waals surface area (Å²) in [4.78, 5) is 11.3. The highest BCUT2D eigenvalue weighted by molar-refractivity contribution is 5.92. The highest BCUT2D eigenvalue weighted by Gasteiger charge is 2.29. The molecule has 4 aromatic rings. The molecule has 0 aliphatic heterocycles. The fourth-order valence-electron chi connectivity index (χ4n) is 3.16. The first-order chi connectivity index (χ1) is 14.9. The molecule has 0 saturated carbocycles. The number of carboxylic acid groups (broad SMARTS) is 1. The van der Waals surface area contributed by atoms with E-state index in [9.17, 15) is 9.90 Å². The van der Waals surface area contributed by atoms with Crippen LogP contribution in [0.3, 0.4) is 0 Å². The standard InChI is InChI=1S/C25H23NO5/c1-4-16-8-10-17(11-9-16)23-21-13-12-19(15-22(21)31-26-23)29-18-6-5-7-20(14-18)30-25(2,3)24(27)28/h5-15H,4H2,1-3H3,(H,27,28). The van der Waals surface area contributed by atoms with E-state index in [0.717, 1.165) is 23.1 Å². The minimum absolute atomic E-state index is 0.406. The minimum Gasteiger partial charge on any atom is -0.478 e. The number of ether oxygens (including phenoxy) is 2. The summed E-state index contributed by atoms with van der Waals surface area (Å²) in [6.45, 7) is 5.11. The lowest BCUT2D eigenvalue weighted by atomic mass is 10.0. The van der Waals surface area contributed by atoms with Crippen molar-refractivity contribution in [2.24, 2.45) is 0 Å². The van der Waals surface area contributed by atoms with Gasteiger partial charge in [0, 0.05) is 23.1 Å². The molecule has 0 aliphatic carbocycles. The van der Waals surface area contributed by atoms with E-state index in [4.69, 9.17) is 14.0 Å². The maximum atomic E-state index is 11.3. The van der Waals surface area contributed by atoms with Gasteiger partial charge in [-0.2, -0.15) is 0 Å². The first-order valence-corrected chi connectivity index (χ1v) is 10.0. The van der Waals surface area contributed by atoms with E-state index < -0.39 is 11.6 Å². The van der Waals surface area contributed by atoms with Gasteiger partial charge in [-0.1, -0.05) is 42.4 Å². The van der Waals surface area contributed by atoms with Gasteiger partial charge in [0.1, 0.15) is 22.9 Å². The third-order valence-electron chi connectivity index (χ3n) is 5.01. The third kappa shape index (κ3) is 4.38. The lowest BCUT2D eigenvalue weighted by Gasteiger charge is -2.21. The molecule has 6 nitrogen and oxygen atoms in total. The van der Waals surface area contributed by atoms with E-state index in [1.54, 1.807) is 30.3 Å². The molecular weight excluding hydrogens is 394 g/mol. The molecule has 3 aromatic carbocycles. The fraction of sp³-hybridized carbons (Fsp3) is 0.200. The zero-order valence-electron chi connectivity index (χ0n) is 17.6. The second-order valence-corrected chi connectivity index (χ2v) is 7.73. The van der Waals surface area contributed by atoms with Crippen LogP contribution in [0.1, 0.15) is 26.3 Å². The van der Waals surface area contributed by atoms with Crippen molar-refractivity contribution in [3.05, 3.63) is 72.3 Å². The molecule has 0 spiro atoms. The SMILES string of the molecule is CCc1ccc(-c2noc3cc(Oc4cccc(OC(C)(C)C(=O)O)c4)ccc23)cc1. The van der Waals surface area contributed by atoms with E-state index in [2.05, 4.69) is 24.2 Å². The van der Waals surface area contributed by atoms with Crippen molar-refractivity contribution in [2.75, 3.05) is 0 Å². The van der Waals surface area contributed by atoms with Gasteiger partial charge >= 0.3 is 5.97 Å². The summed E-state index contributed by atoms with van der Waals surface area (Å²) in [5, 5.41) is 14.4. The summed E-state index contributed by atoms with van der Waals surface area (Å²) >= 11 is 0. The number of carboxylic acids is 1. The lowest BCUT2D eigenvalue weighted by molar-refractivity contribution is -0.152. The number of aryl methyl sites for hydroxylation is 1. The monoisotopic (exact) mass is 417 g/mol. The Labute approximate surface area is 180 Å². The van der Waals surface area contributed by atoms with E-state index in [-0.39, 0.29) is 0 Å². The Hall–Kier alpha value is -3.80. The zero-order valence-corrected chi connectivity index (χ0v) is 17.6. The molecule has 0 bridgehead atoms. The Morgan fingerprint density at radius 1 is 1.00 bits per heavy atom. The van der Waals surface area contributed by atoms with E-state index in [1.807, 2.05) is 24.3 Å². The van der Waals surface area contributed by atoms with Crippen LogP contribution in [-0.4, -0.2) is 21.8 Å². The van der Waals surface area contributed by atoms with Crippen LogP contribution in [0.2, 0.25) is 0 Å².